The molecule has 1 aromatic heterocycles. The number of anilines is 2. The lowest BCUT2D eigenvalue weighted by atomic mass is 10.2. The molecule has 0 saturated carbocycles. The molecule has 3 aromatic rings. The number of amides is 2. The fourth-order valence-electron chi connectivity index (χ4n) is 2.69. The highest BCUT2D eigenvalue weighted by Gasteiger charge is 2.19. The minimum absolute atomic E-state index is 0.130. The molecule has 0 aliphatic carbocycles. The number of carbonyl (C=O) groups excluding carboxylic acids is 2. The summed E-state index contributed by atoms with van der Waals surface area (Å²) >= 11 is 1.37. The standard InChI is InChI=1S/C21H23N5O2S/c1-14(20(28)23-19-11-9-18(10-12-19)22-16(3)27)29-21-25-24-15(2)26(21)13-17-7-5-4-6-8-17/h4-12,14H,13H2,1-3H3,(H,22,27)(H,23,28). The van der Waals surface area contributed by atoms with Crippen LogP contribution in [0.5, 0.6) is 0 Å². The van der Waals surface area contributed by atoms with Crippen molar-refractivity contribution >= 4 is 35.0 Å². The number of nitrogens with zero attached hydrogens (tertiary/aromatic N) is 3. The average molecular weight is 410 g/mol. The highest BCUT2D eigenvalue weighted by atomic mass is 32.2. The summed E-state index contributed by atoms with van der Waals surface area (Å²) in [5.41, 5.74) is 2.49. The molecule has 0 aliphatic heterocycles. The average Bonchev–Trinajstić information content (AvgIpc) is 3.03. The van der Waals surface area contributed by atoms with Crippen LogP contribution in [0.25, 0.3) is 0 Å². The van der Waals surface area contributed by atoms with E-state index in [1.807, 2.05) is 36.6 Å². The smallest absolute Gasteiger partial charge is 0.237 e. The monoisotopic (exact) mass is 409 g/mol. The molecule has 1 unspecified atom stereocenters. The third kappa shape index (κ3) is 5.68. The van der Waals surface area contributed by atoms with Crippen LogP contribution in [0.15, 0.2) is 59.8 Å². The number of hydrogen-bond acceptors (Lipinski definition) is 5. The van der Waals surface area contributed by atoms with Gasteiger partial charge in [0.15, 0.2) is 5.16 Å². The highest BCUT2D eigenvalue weighted by Crippen LogP contribution is 2.24. The molecular weight excluding hydrogens is 386 g/mol. The van der Waals surface area contributed by atoms with Crippen LogP contribution in [-0.4, -0.2) is 31.8 Å². The number of aromatic nitrogens is 3. The van der Waals surface area contributed by atoms with Gasteiger partial charge in [-0.1, -0.05) is 42.1 Å². The van der Waals surface area contributed by atoms with Crippen LogP contribution in [-0.2, 0) is 16.1 Å². The van der Waals surface area contributed by atoms with E-state index in [2.05, 4.69) is 33.0 Å². The topological polar surface area (TPSA) is 88.9 Å². The van der Waals surface area contributed by atoms with Crippen molar-refractivity contribution in [2.24, 2.45) is 0 Å². The fourth-order valence-corrected chi connectivity index (χ4v) is 3.59. The zero-order valence-electron chi connectivity index (χ0n) is 16.5. The second-order valence-corrected chi connectivity index (χ2v) is 7.92. The van der Waals surface area contributed by atoms with Crippen molar-refractivity contribution < 1.29 is 9.59 Å². The van der Waals surface area contributed by atoms with Gasteiger partial charge in [-0.15, -0.1) is 10.2 Å². The fraction of sp³-hybridized carbons (Fsp3) is 0.238. The number of nitrogens with one attached hydrogen (secondary N) is 2. The molecule has 1 atom stereocenters. The second-order valence-electron chi connectivity index (χ2n) is 6.61. The van der Waals surface area contributed by atoms with E-state index in [0.717, 1.165) is 11.4 Å². The molecule has 0 saturated heterocycles. The molecule has 2 N–H and O–H groups in total. The van der Waals surface area contributed by atoms with Crippen molar-refractivity contribution in [3.05, 3.63) is 66.0 Å². The molecule has 0 spiro atoms. The Hall–Kier alpha value is -3.13. The van der Waals surface area contributed by atoms with Crippen molar-refractivity contribution in [3.63, 3.8) is 0 Å². The van der Waals surface area contributed by atoms with E-state index in [-0.39, 0.29) is 17.1 Å². The first-order valence-corrected chi connectivity index (χ1v) is 10.1. The van der Waals surface area contributed by atoms with Crippen LogP contribution in [0.1, 0.15) is 25.2 Å². The largest absolute Gasteiger partial charge is 0.326 e. The molecule has 0 fully saturated rings. The van der Waals surface area contributed by atoms with Crippen molar-refractivity contribution in [1.29, 1.82) is 0 Å². The van der Waals surface area contributed by atoms with Crippen LogP contribution < -0.4 is 10.6 Å². The lowest BCUT2D eigenvalue weighted by Crippen LogP contribution is -2.23. The Kier molecular flexibility index (Phi) is 6.66. The van der Waals surface area contributed by atoms with Crippen LogP contribution in [0.3, 0.4) is 0 Å². The Labute approximate surface area is 173 Å². The number of thioether (sulfide) groups is 1. The maximum atomic E-state index is 12.6. The maximum absolute atomic E-state index is 12.6. The summed E-state index contributed by atoms with van der Waals surface area (Å²) in [6, 6.07) is 17.1. The molecule has 3 rings (SSSR count). The van der Waals surface area contributed by atoms with Crippen LogP contribution in [0, 0.1) is 6.92 Å². The Bertz CT molecular complexity index is 986. The van der Waals surface area contributed by atoms with E-state index < -0.39 is 0 Å². The number of aryl methyl sites for hydroxylation is 1. The summed E-state index contributed by atoms with van der Waals surface area (Å²) in [6.45, 7) is 5.84. The lowest BCUT2D eigenvalue weighted by Gasteiger charge is -2.13. The van der Waals surface area contributed by atoms with Gasteiger partial charge >= 0.3 is 0 Å². The molecule has 0 radical (unpaired) electrons. The van der Waals surface area contributed by atoms with Gasteiger partial charge in [0, 0.05) is 18.3 Å². The van der Waals surface area contributed by atoms with Crippen molar-refractivity contribution in [2.45, 2.75) is 37.7 Å². The van der Waals surface area contributed by atoms with Gasteiger partial charge in [0.25, 0.3) is 0 Å². The third-order valence-electron chi connectivity index (χ3n) is 4.21. The first kappa shape index (κ1) is 20.6. The molecule has 7 nitrogen and oxygen atoms in total. The third-order valence-corrected chi connectivity index (χ3v) is 5.29. The molecule has 8 heteroatoms. The maximum Gasteiger partial charge on any atom is 0.237 e. The van der Waals surface area contributed by atoms with Crippen molar-refractivity contribution in [2.75, 3.05) is 10.6 Å². The summed E-state index contributed by atoms with van der Waals surface area (Å²) in [7, 11) is 0. The number of hydrogen-bond donors (Lipinski definition) is 2. The molecule has 29 heavy (non-hydrogen) atoms. The molecule has 0 bridgehead atoms. The van der Waals surface area contributed by atoms with Crippen LogP contribution in [0.2, 0.25) is 0 Å². The van der Waals surface area contributed by atoms with Crippen LogP contribution >= 0.6 is 11.8 Å². The minimum Gasteiger partial charge on any atom is -0.326 e. The van der Waals surface area contributed by atoms with E-state index in [9.17, 15) is 9.59 Å². The van der Waals surface area contributed by atoms with Gasteiger partial charge in [-0.2, -0.15) is 0 Å². The predicted octanol–water partition coefficient (Wildman–Crippen LogP) is 3.71. The molecule has 1 heterocycles. The van der Waals surface area contributed by atoms with Crippen molar-refractivity contribution in [3.8, 4) is 0 Å². The zero-order valence-corrected chi connectivity index (χ0v) is 17.4. The number of carbonyl (C=O) groups is 2. The van der Waals surface area contributed by atoms with Crippen LogP contribution in [0.4, 0.5) is 11.4 Å². The molecule has 2 amide bonds. The summed E-state index contributed by atoms with van der Waals surface area (Å²) in [4.78, 5) is 23.7. The van der Waals surface area contributed by atoms with E-state index in [1.165, 1.54) is 18.7 Å². The van der Waals surface area contributed by atoms with Crippen molar-refractivity contribution in [1.82, 2.24) is 14.8 Å². The Balaban J connectivity index is 1.63. The highest BCUT2D eigenvalue weighted by molar-refractivity contribution is 8.00. The van der Waals surface area contributed by atoms with E-state index >= 15 is 0 Å². The molecule has 0 aliphatic rings. The number of rotatable bonds is 7. The Morgan fingerprint density at radius 2 is 1.62 bits per heavy atom. The van der Waals surface area contributed by atoms with E-state index in [1.54, 1.807) is 24.3 Å². The van der Waals surface area contributed by atoms with Gasteiger partial charge < -0.3 is 15.2 Å². The van der Waals surface area contributed by atoms with Gasteiger partial charge in [-0.25, -0.2) is 0 Å². The van der Waals surface area contributed by atoms with Gasteiger partial charge in [0.05, 0.1) is 11.8 Å². The van der Waals surface area contributed by atoms with E-state index in [4.69, 9.17) is 0 Å². The SMILES string of the molecule is CC(=O)Nc1ccc(NC(=O)C(C)Sc2nnc(C)n2Cc2ccccc2)cc1. The van der Waals surface area contributed by atoms with Gasteiger partial charge in [-0.05, 0) is 43.7 Å². The summed E-state index contributed by atoms with van der Waals surface area (Å²) in [5, 5.41) is 14.3. The first-order chi connectivity index (χ1) is 13.9. The van der Waals surface area contributed by atoms with Gasteiger partial charge in [-0.3, -0.25) is 9.59 Å². The van der Waals surface area contributed by atoms with Gasteiger partial charge in [0.1, 0.15) is 5.82 Å². The summed E-state index contributed by atoms with van der Waals surface area (Å²) < 4.78 is 2.01. The molecular formula is C21H23N5O2S. The van der Waals surface area contributed by atoms with Gasteiger partial charge in [0.2, 0.25) is 11.8 Å². The summed E-state index contributed by atoms with van der Waals surface area (Å²) in [5.74, 6) is 0.536. The predicted molar refractivity (Wildman–Crippen MR) is 115 cm³/mol. The molecule has 2 aromatic carbocycles. The summed E-state index contributed by atoms with van der Waals surface area (Å²) in [6.07, 6.45) is 0. The number of benzene rings is 2. The lowest BCUT2D eigenvalue weighted by molar-refractivity contribution is -0.115. The zero-order chi connectivity index (χ0) is 20.8. The quantitative estimate of drug-likeness (QED) is 0.581. The Morgan fingerprint density at radius 1 is 1.00 bits per heavy atom. The normalized spacial score (nSPS) is 11.7. The van der Waals surface area contributed by atoms with E-state index in [0.29, 0.717) is 23.1 Å². The minimum atomic E-state index is -0.358. The first-order valence-electron chi connectivity index (χ1n) is 9.21. The Morgan fingerprint density at radius 3 is 2.24 bits per heavy atom. The molecule has 150 valence electrons. The second kappa shape index (κ2) is 9.38.